The van der Waals surface area contributed by atoms with Crippen LogP contribution in [0.2, 0.25) is 0 Å². The predicted octanol–water partition coefficient (Wildman–Crippen LogP) is 0.106. The lowest BCUT2D eigenvalue weighted by atomic mass is 9.88. The van der Waals surface area contributed by atoms with Gasteiger partial charge in [0, 0.05) is 31.2 Å². The summed E-state index contributed by atoms with van der Waals surface area (Å²) in [7, 11) is 0. The highest BCUT2D eigenvalue weighted by atomic mass is 16.5. The van der Waals surface area contributed by atoms with Crippen LogP contribution in [0, 0.1) is 5.92 Å². The van der Waals surface area contributed by atoms with E-state index >= 15 is 0 Å². The molecule has 1 amide bonds. The lowest BCUT2D eigenvalue weighted by Crippen LogP contribution is -2.51. The van der Waals surface area contributed by atoms with Crippen LogP contribution in [0.3, 0.4) is 0 Å². The molecule has 4 heterocycles. The molecule has 4 fully saturated rings. The highest BCUT2D eigenvalue weighted by molar-refractivity contribution is 5.80. The molecule has 112 valence electrons. The number of ether oxygens (including phenoxy) is 1. The average Bonchev–Trinajstić information content (AvgIpc) is 3.19. The molecule has 0 aromatic heterocycles. The SMILES string of the molecule is O=C(NCC1CN2CCCC2CO1)C1CC2CCC1N2. The van der Waals surface area contributed by atoms with E-state index in [2.05, 4.69) is 15.5 Å². The molecule has 4 aliphatic heterocycles. The van der Waals surface area contributed by atoms with Crippen LogP contribution in [0.15, 0.2) is 0 Å². The molecule has 0 spiro atoms. The van der Waals surface area contributed by atoms with Gasteiger partial charge in [-0.05, 0) is 38.6 Å². The first-order chi connectivity index (χ1) is 9.79. The number of hydrogen-bond donors (Lipinski definition) is 2. The number of nitrogens with zero attached hydrogens (tertiary/aromatic N) is 1. The molecule has 4 rings (SSSR count). The van der Waals surface area contributed by atoms with Crippen molar-refractivity contribution < 1.29 is 9.53 Å². The topological polar surface area (TPSA) is 53.6 Å². The molecule has 2 N–H and O–H groups in total. The van der Waals surface area contributed by atoms with Crippen LogP contribution in [-0.4, -0.2) is 61.3 Å². The van der Waals surface area contributed by atoms with E-state index in [0.717, 1.165) is 26.0 Å². The van der Waals surface area contributed by atoms with Crippen molar-refractivity contribution in [2.75, 3.05) is 26.2 Å². The van der Waals surface area contributed by atoms with Gasteiger partial charge in [-0.15, -0.1) is 0 Å². The van der Waals surface area contributed by atoms with Crippen molar-refractivity contribution in [1.29, 1.82) is 0 Å². The first kappa shape index (κ1) is 13.0. The number of carbonyl (C=O) groups excluding carboxylic acids is 1. The molecule has 4 saturated heterocycles. The molecular formula is C15H25N3O2. The second-order valence-electron chi connectivity index (χ2n) is 6.88. The van der Waals surface area contributed by atoms with Gasteiger partial charge in [-0.25, -0.2) is 0 Å². The van der Waals surface area contributed by atoms with Crippen LogP contribution < -0.4 is 10.6 Å². The number of carbonyl (C=O) groups is 1. The monoisotopic (exact) mass is 279 g/mol. The number of hydrogen-bond acceptors (Lipinski definition) is 4. The summed E-state index contributed by atoms with van der Waals surface area (Å²) in [6.45, 7) is 3.71. The van der Waals surface area contributed by atoms with Crippen molar-refractivity contribution in [3.63, 3.8) is 0 Å². The van der Waals surface area contributed by atoms with Gasteiger partial charge in [-0.1, -0.05) is 0 Å². The molecule has 4 aliphatic rings. The fourth-order valence-corrected chi connectivity index (χ4v) is 4.47. The molecule has 0 radical (unpaired) electrons. The zero-order valence-corrected chi connectivity index (χ0v) is 12.0. The minimum Gasteiger partial charge on any atom is -0.373 e. The molecule has 0 aromatic rings. The highest BCUT2D eigenvalue weighted by Crippen LogP contribution is 2.33. The van der Waals surface area contributed by atoms with E-state index in [1.165, 1.54) is 25.8 Å². The summed E-state index contributed by atoms with van der Waals surface area (Å²) in [5.74, 6) is 0.425. The highest BCUT2D eigenvalue weighted by Gasteiger charge is 2.42. The Morgan fingerprint density at radius 1 is 1.35 bits per heavy atom. The zero-order chi connectivity index (χ0) is 13.5. The second-order valence-corrected chi connectivity index (χ2v) is 6.88. The minimum absolute atomic E-state index is 0.180. The smallest absolute Gasteiger partial charge is 0.224 e. The maximum Gasteiger partial charge on any atom is 0.224 e. The van der Waals surface area contributed by atoms with E-state index < -0.39 is 0 Å². The minimum atomic E-state index is 0.180. The Morgan fingerprint density at radius 2 is 2.30 bits per heavy atom. The van der Waals surface area contributed by atoms with Gasteiger partial charge in [-0.3, -0.25) is 9.69 Å². The second kappa shape index (κ2) is 5.28. The van der Waals surface area contributed by atoms with Gasteiger partial charge in [0.05, 0.1) is 18.6 Å². The van der Waals surface area contributed by atoms with Crippen molar-refractivity contribution in [3.05, 3.63) is 0 Å². The Kier molecular flexibility index (Phi) is 3.44. The molecule has 5 nitrogen and oxygen atoms in total. The van der Waals surface area contributed by atoms with Crippen molar-refractivity contribution >= 4 is 5.91 Å². The summed E-state index contributed by atoms with van der Waals surface area (Å²) in [5.41, 5.74) is 0. The van der Waals surface area contributed by atoms with Gasteiger partial charge in [0.25, 0.3) is 0 Å². The maximum absolute atomic E-state index is 12.3. The Morgan fingerprint density at radius 3 is 3.10 bits per heavy atom. The normalized spacial score (nSPS) is 43.7. The van der Waals surface area contributed by atoms with Crippen LogP contribution >= 0.6 is 0 Å². The Hall–Kier alpha value is -0.650. The summed E-state index contributed by atoms with van der Waals surface area (Å²) >= 11 is 0. The molecular weight excluding hydrogens is 254 g/mol. The third-order valence-electron chi connectivity index (χ3n) is 5.60. The van der Waals surface area contributed by atoms with Crippen molar-refractivity contribution in [2.24, 2.45) is 5.92 Å². The number of fused-ring (bicyclic) bond motifs is 3. The molecule has 0 saturated carbocycles. The van der Waals surface area contributed by atoms with Crippen LogP contribution in [0.4, 0.5) is 0 Å². The first-order valence-corrected chi connectivity index (χ1v) is 8.19. The van der Waals surface area contributed by atoms with E-state index in [1.54, 1.807) is 0 Å². The van der Waals surface area contributed by atoms with Crippen molar-refractivity contribution in [3.8, 4) is 0 Å². The lowest BCUT2D eigenvalue weighted by molar-refractivity contribution is -0.127. The third kappa shape index (κ3) is 2.36. The fourth-order valence-electron chi connectivity index (χ4n) is 4.47. The maximum atomic E-state index is 12.3. The Balaban J connectivity index is 1.25. The summed E-state index contributed by atoms with van der Waals surface area (Å²) in [5, 5.41) is 6.66. The summed E-state index contributed by atoms with van der Waals surface area (Å²) in [6, 6.07) is 1.65. The molecule has 5 heteroatoms. The zero-order valence-electron chi connectivity index (χ0n) is 12.0. The molecule has 20 heavy (non-hydrogen) atoms. The largest absolute Gasteiger partial charge is 0.373 e. The Labute approximate surface area is 120 Å². The first-order valence-electron chi connectivity index (χ1n) is 8.19. The summed E-state index contributed by atoms with van der Waals surface area (Å²) in [6.07, 6.45) is 6.19. The van der Waals surface area contributed by atoms with E-state index in [0.29, 0.717) is 24.7 Å². The number of morpholine rings is 1. The molecule has 5 atom stereocenters. The molecule has 0 aliphatic carbocycles. The lowest BCUT2D eigenvalue weighted by Gasteiger charge is -2.35. The fraction of sp³-hybridized carbons (Fsp3) is 0.933. The van der Waals surface area contributed by atoms with Gasteiger partial charge >= 0.3 is 0 Å². The van der Waals surface area contributed by atoms with E-state index in [1.807, 2.05) is 0 Å². The quantitative estimate of drug-likeness (QED) is 0.770. The van der Waals surface area contributed by atoms with Gasteiger partial charge < -0.3 is 15.4 Å². The number of amides is 1. The molecule has 2 bridgehead atoms. The summed E-state index contributed by atoms with van der Waals surface area (Å²) < 4.78 is 5.89. The van der Waals surface area contributed by atoms with Gasteiger partial charge in [0.2, 0.25) is 5.91 Å². The number of rotatable bonds is 3. The van der Waals surface area contributed by atoms with Gasteiger partial charge in [0.1, 0.15) is 0 Å². The van der Waals surface area contributed by atoms with Crippen LogP contribution in [0.1, 0.15) is 32.1 Å². The van der Waals surface area contributed by atoms with Crippen LogP contribution in [0.25, 0.3) is 0 Å². The standard InChI is InChI=1S/C15H25N3O2/c19-15(13-6-10-3-4-14(13)17-10)16-7-12-8-18-5-1-2-11(18)9-20-12/h10-14,17H,1-9H2,(H,16,19). The summed E-state index contributed by atoms with van der Waals surface area (Å²) in [4.78, 5) is 14.8. The Bertz CT molecular complexity index is 389. The van der Waals surface area contributed by atoms with E-state index in [4.69, 9.17) is 4.74 Å². The van der Waals surface area contributed by atoms with Crippen LogP contribution in [-0.2, 0) is 9.53 Å². The molecule has 5 unspecified atom stereocenters. The van der Waals surface area contributed by atoms with Crippen LogP contribution in [0.5, 0.6) is 0 Å². The predicted molar refractivity (Wildman–Crippen MR) is 75.4 cm³/mol. The van der Waals surface area contributed by atoms with Gasteiger partial charge in [0.15, 0.2) is 0 Å². The average molecular weight is 279 g/mol. The van der Waals surface area contributed by atoms with E-state index in [-0.39, 0.29) is 17.9 Å². The van der Waals surface area contributed by atoms with Crippen molar-refractivity contribution in [1.82, 2.24) is 15.5 Å². The van der Waals surface area contributed by atoms with Crippen molar-refractivity contribution in [2.45, 2.75) is 56.3 Å². The third-order valence-corrected chi connectivity index (χ3v) is 5.60. The van der Waals surface area contributed by atoms with E-state index in [9.17, 15) is 4.79 Å². The number of nitrogens with one attached hydrogen (secondary N) is 2. The van der Waals surface area contributed by atoms with Gasteiger partial charge in [-0.2, -0.15) is 0 Å². The molecule has 0 aromatic carbocycles.